The summed E-state index contributed by atoms with van der Waals surface area (Å²) in [6.45, 7) is 3.78. The van der Waals surface area contributed by atoms with Gasteiger partial charge in [-0.1, -0.05) is 17.7 Å². The number of halogens is 1. The highest BCUT2D eigenvalue weighted by atomic mass is 35.5. The molecule has 0 aliphatic rings. The van der Waals surface area contributed by atoms with Crippen LogP contribution in [0.2, 0.25) is 5.02 Å². The van der Waals surface area contributed by atoms with E-state index in [-0.39, 0.29) is 29.1 Å². The number of benzene rings is 2. The molecule has 0 aliphatic heterocycles. The minimum Gasteiger partial charge on any atom is -0.491 e. The Hall–Kier alpha value is -2.05. The van der Waals surface area contributed by atoms with Gasteiger partial charge in [-0.3, -0.25) is 4.79 Å². The average Bonchev–Trinajstić information content (AvgIpc) is 2.53. The minimum absolute atomic E-state index is 0.0117. The zero-order chi connectivity index (χ0) is 18.4. The van der Waals surface area contributed by atoms with Gasteiger partial charge in [0.05, 0.1) is 16.8 Å². The molecular weight excluding hydrogens is 362 g/mol. The first-order chi connectivity index (χ1) is 11.8. The molecule has 0 radical (unpaired) electrons. The number of hydrogen-bond donors (Lipinski definition) is 1. The van der Waals surface area contributed by atoms with E-state index >= 15 is 0 Å². The van der Waals surface area contributed by atoms with Gasteiger partial charge in [0.1, 0.15) is 5.75 Å². The van der Waals surface area contributed by atoms with Crippen molar-refractivity contribution in [2.24, 2.45) is 0 Å². The molecule has 0 atom stereocenters. The van der Waals surface area contributed by atoms with Crippen LogP contribution in [0.15, 0.2) is 53.4 Å². The van der Waals surface area contributed by atoms with Crippen molar-refractivity contribution in [2.75, 3.05) is 11.1 Å². The van der Waals surface area contributed by atoms with Crippen molar-refractivity contribution in [1.29, 1.82) is 0 Å². The van der Waals surface area contributed by atoms with Gasteiger partial charge in [0.15, 0.2) is 9.84 Å². The monoisotopic (exact) mass is 381 g/mol. The van der Waals surface area contributed by atoms with Crippen LogP contribution in [0, 0.1) is 0 Å². The summed E-state index contributed by atoms with van der Waals surface area (Å²) in [7, 11) is -3.54. The van der Waals surface area contributed by atoms with Gasteiger partial charge in [-0.15, -0.1) is 0 Å². The van der Waals surface area contributed by atoms with Crippen molar-refractivity contribution in [3.8, 4) is 5.75 Å². The summed E-state index contributed by atoms with van der Waals surface area (Å²) in [5.74, 6) is -0.0534. The molecule has 0 spiro atoms. The Morgan fingerprint density at radius 3 is 2.44 bits per heavy atom. The van der Waals surface area contributed by atoms with Crippen LogP contribution in [0.5, 0.6) is 5.75 Å². The molecule has 7 heteroatoms. The molecule has 0 bridgehead atoms. The number of nitrogens with one attached hydrogen (secondary N) is 1. The topological polar surface area (TPSA) is 72.5 Å². The third-order valence-electron chi connectivity index (χ3n) is 3.26. The van der Waals surface area contributed by atoms with E-state index in [2.05, 4.69) is 5.32 Å². The number of carbonyl (C=O) groups excluding carboxylic acids is 1. The highest BCUT2D eigenvalue weighted by molar-refractivity contribution is 7.91. The SMILES string of the molecule is CC(C)Oc1ccc(S(=O)(=O)CCC(=O)Nc2cccc(Cl)c2)cc1. The van der Waals surface area contributed by atoms with Crippen LogP contribution in [0.3, 0.4) is 0 Å². The largest absolute Gasteiger partial charge is 0.491 e. The number of rotatable bonds is 7. The normalized spacial score (nSPS) is 11.4. The predicted octanol–water partition coefficient (Wildman–Crippen LogP) is 3.93. The van der Waals surface area contributed by atoms with Gasteiger partial charge in [-0.05, 0) is 56.3 Å². The molecule has 0 saturated carbocycles. The van der Waals surface area contributed by atoms with E-state index in [0.717, 1.165) is 0 Å². The molecule has 0 fully saturated rings. The average molecular weight is 382 g/mol. The van der Waals surface area contributed by atoms with Crippen LogP contribution in [0.1, 0.15) is 20.3 Å². The van der Waals surface area contributed by atoms with E-state index in [4.69, 9.17) is 16.3 Å². The Bertz CT molecular complexity index is 832. The van der Waals surface area contributed by atoms with Gasteiger partial charge in [0.2, 0.25) is 5.91 Å². The van der Waals surface area contributed by atoms with E-state index in [1.165, 1.54) is 12.1 Å². The van der Waals surface area contributed by atoms with Gasteiger partial charge in [0.25, 0.3) is 0 Å². The molecule has 2 aromatic rings. The summed E-state index contributed by atoms with van der Waals surface area (Å²) in [5.41, 5.74) is 0.532. The molecule has 0 heterocycles. The van der Waals surface area contributed by atoms with Gasteiger partial charge in [0, 0.05) is 17.1 Å². The number of amides is 1. The summed E-state index contributed by atoms with van der Waals surface area (Å²) in [6.07, 6.45) is -0.128. The number of ether oxygens (including phenoxy) is 1. The Kier molecular flexibility index (Phi) is 6.45. The first-order valence-corrected chi connectivity index (χ1v) is 9.84. The van der Waals surface area contributed by atoms with Crippen LogP contribution < -0.4 is 10.1 Å². The molecular formula is C18H20ClNO4S. The fourth-order valence-electron chi connectivity index (χ4n) is 2.13. The second-order valence-electron chi connectivity index (χ2n) is 5.77. The lowest BCUT2D eigenvalue weighted by molar-refractivity contribution is -0.115. The number of sulfone groups is 1. The summed E-state index contributed by atoms with van der Waals surface area (Å²) >= 11 is 5.84. The highest BCUT2D eigenvalue weighted by Gasteiger charge is 2.17. The smallest absolute Gasteiger partial charge is 0.225 e. The molecule has 25 heavy (non-hydrogen) atoms. The third kappa shape index (κ3) is 6.07. The quantitative estimate of drug-likeness (QED) is 0.788. The zero-order valence-corrected chi connectivity index (χ0v) is 15.6. The van der Waals surface area contributed by atoms with E-state index < -0.39 is 9.84 Å². The summed E-state index contributed by atoms with van der Waals surface area (Å²) < 4.78 is 30.2. The number of carbonyl (C=O) groups is 1. The number of anilines is 1. The fraction of sp³-hybridized carbons (Fsp3) is 0.278. The van der Waals surface area contributed by atoms with Crippen LogP contribution in [0.25, 0.3) is 0 Å². The maximum Gasteiger partial charge on any atom is 0.225 e. The van der Waals surface area contributed by atoms with Crippen molar-refractivity contribution in [1.82, 2.24) is 0 Å². The van der Waals surface area contributed by atoms with E-state index in [1.54, 1.807) is 36.4 Å². The molecule has 1 amide bonds. The van der Waals surface area contributed by atoms with Gasteiger partial charge < -0.3 is 10.1 Å². The van der Waals surface area contributed by atoms with Gasteiger partial charge >= 0.3 is 0 Å². The lowest BCUT2D eigenvalue weighted by Crippen LogP contribution is -2.17. The molecule has 134 valence electrons. The van der Waals surface area contributed by atoms with Crippen molar-refractivity contribution < 1.29 is 17.9 Å². The van der Waals surface area contributed by atoms with Gasteiger partial charge in [-0.2, -0.15) is 0 Å². The van der Waals surface area contributed by atoms with Crippen molar-refractivity contribution in [3.05, 3.63) is 53.6 Å². The second kappa shape index (κ2) is 8.36. The Morgan fingerprint density at radius 1 is 1.16 bits per heavy atom. The maximum atomic E-state index is 12.3. The number of hydrogen-bond acceptors (Lipinski definition) is 4. The first-order valence-electron chi connectivity index (χ1n) is 7.81. The standard InChI is InChI=1S/C18H20ClNO4S/c1-13(2)24-16-6-8-17(9-7-16)25(22,23)11-10-18(21)20-15-5-3-4-14(19)12-15/h3-9,12-13H,10-11H2,1-2H3,(H,20,21). The Morgan fingerprint density at radius 2 is 1.84 bits per heavy atom. The molecule has 1 N–H and O–H groups in total. The van der Waals surface area contributed by atoms with Crippen molar-refractivity contribution in [3.63, 3.8) is 0 Å². The maximum absolute atomic E-state index is 12.3. The molecule has 0 aromatic heterocycles. The lowest BCUT2D eigenvalue weighted by atomic mass is 10.3. The van der Waals surface area contributed by atoms with Crippen LogP contribution in [-0.4, -0.2) is 26.2 Å². The van der Waals surface area contributed by atoms with Crippen molar-refractivity contribution in [2.45, 2.75) is 31.3 Å². The fourth-order valence-corrected chi connectivity index (χ4v) is 3.56. The zero-order valence-electron chi connectivity index (χ0n) is 14.0. The highest BCUT2D eigenvalue weighted by Crippen LogP contribution is 2.19. The molecule has 2 aromatic carbocycles. The van der Waals surface area contributed by atoms with E-state index in [0.29, 0.717) is 16.5 Å². The molecule has 0 unspecified atom stereocenters. The Balaban J connectivity index is 1.95. The molecule has 0 aliphatic carbocycles. The minimum atomic E-state index is -3.54. The van der Waals surface area contributed by atoms with E-state index in [1.807, 2.05) is 13.8 Å². The van der Waals surface area contributed by atoms with Gasteiger partial charge in [-0.25, -0.2) is 8.42 Å². The first kappa shape index (κ1) is 19.3. The summed E-state index contributed by atoms with van der Waals surface area (Å²) in [6, 6.07) is 12.9. The van der Waals surface area contributed by atoms with Crippen molar-refractivity contribution >= 4 is 33.0 Å². The summed E-state index contributed by atoms with van der Waals surface area (Å²) in [4.78, 5) is 12.1. The van der Waals surface area contributed by atoms with Crippen LogP contribution in [0.4, 0.5) is 5.69 Å². The van der Waals surface area contributed by atoms with E-state index in [9.17, 15) is 13.2 Å². The lowest BCUT2D eigenvalue weighted by Gasteiger charge is -2.10. The van der Waals surface area contributed by atoms with Crippen LogP contribution >= 0.6 is 11.6 Å². The Labute approximate surface area is 152 Å². The molecule has 5 nitrogen and oxygen atoms in total. The van der Waals surface area contributed by atoms with Crippen LogP contribution in [-0.2, 0) is 14.6 Å². The predicted molar refractivity (Wildman–Crippen MR) is 99.0 cm³/mol. The molecule has 0 saturated heterocycles. The summed E-state index contributed by atoms with van der Waals surface area (Å²) in [5, 5.41) is 3.12. The third-order valence-corrected chi connectivity index (χ3v) is 5.23. The second-order valence-corrected chi connectivity index (χ2v) is 8.31. The molecule has 2 rings (SSSR count).